The van der Waals surface area contributed by atoms with Gasteiger partial charge in [0, 0.05) is 12.8 Å². The number of carbonyl (C=O) groups is 3. The highest BCUT2D eigenvalue weighted by Crippen LogP contribution is 2.16. The number of esters is 2. The third-order valence-corrected chi connectivity index (χ3v) is 11.0. The molecule has 0 saturated heterocycles. The first-order chi connectivity index (χ1) is 31.1. The number of carboxylic acid groups (broad SMARTS) is 1. The molecule has 0 saturated carbocycles. The fourth-order valence-electron chi connectivity index (χ4n) is 7.03. The van der Waals surface area contributed by atoms with Gasteiger partial charge < -0.3 is 33.3 Å². The van der Waals surface area contributed by atoms with Crippen LogP contribution in [0.3, 0.4) is 0 Å². The van der Waals surface area contributed by atoms with Crippen molar-refractivity contribution in [2.24, 2.45) is 0 Å². The van der Waals surface area contributed by atoms with E-state index in [0.29, 0.717) is 23.9 Å². The molecule has 0 aliphatic rings. The summed E-state index contributed by atoms with van der Waals surface area (Å²) in [4.78, 5) is 36.9. The first-order valence-electron chi connectivity index (χ1n) is 25.9. The van der Waals surface area contributed by atoms with Crippen molar-refractivity contribution < 1.29 is 42.9 Å². The number of nitrogens with zero attached hydrogens (tertiary/aromatic N) is 1. The highest BCUT2D eigenvalue weighted by atomic mass is 16.7. The molecule has 0 N–H and O–H groups in total. The van der Waals surface area contributed by atoms with Crippen LogP contribution in [0.25, 0.3) is 0 Å². The molecule has 370 valence electrons. The molecule has 0 bridgehead atoms. The number of carbonyl (C=O) groups excluding carboxylic acids is 3. The number of quaternary nitrogens is 1. The van der Waals surface area contributed by atoms with Gasteiger partial charge in [0.1, 0.15) is 13.2 Å². The number of hydrogen-bond donors (Lipinski definition) is 0. The highest BCUT2D eigenvalue weighted by molar-refractivity contribution is 5.70. The molecule has 0 fully saturated rings. The SMILES string of the molecule is CC/C=C\C/C=C\C/C=C\C/C=C\C/C=C\CCCCCCCCCCCCCCCCCC(=O)OC(COC(=O)CCCCCCCCCC)COC(OCC[N+](C)(C)C)C(=O)[O-]. The number of rotatable bonds is 47. The van der Waals surface area contributed by atoms with Crippen molar-refractivity contribution >= 4 is 17.9 Å². The number of carboxylic acids is 1. The minimum atomic E-state index is -1.62. The molecule has 9 nitrogen and oxygen atoms in total. The molecular formula is C55H97NO8. The fourth-order valence-corrected chi connectivity index (χ4v) is 7.03. The lowest BCUT2D eigenvalue weighted by Gasteiger charge is -2.26. The fraction of sp³-hybridized carbons (Fsp3) is 0.764. The molecule has 0 heterocycles. The zero-order valence-corrected chi connectivity index (χ0v) is 41.9. The summed E-state index contributed by atoms with van der Waals surface area (Å²) in [6.45, 7) is 4.60. The van der Waals surface area contributed by atoms with Crippen molar-refractivity contribution in [1.82, 2.24) is 0 Å². The summed E-state index contributed by atoms with van der Waals surface area (Å²) >= 11 is 0. The molecule has 0 radical (unpaired) electrons. The van der Waals surface area contributed by atoms with Crippen molar-refractivity contribution in [3.63, 3.8) is 0 Å². The maximum Gasteiger partial charge on any atom is 0.306 e. The van der Waals surface area contributed by atoms with E-state index in [1.54, 1.807) is 0 Å². The summed E-state index contributed by atoms with van der Waals surface area (Å²) in [7, 11) is 5.91. The molecule has 0 aromatic rings. The average Bonchev–Trinajstić information content (AvgIpc) is 3.26. The lowest BCUT2D eigenvalue weighted by Crippen LogP contribution is -2.44. The lowest BCUT2D eigenvalue weighted by molar-refractivity contribution is -0.870. The van der Waals surface area contributed by atoms with E-state index in [4.69, 9.17) is 18.9 Å². The number of unbranched alkanes of at least 4 members (excludes halogenated alkanes) is 22. The standard InChI is InChI=1S/C55H97NO8/c1-6-8-10-12-14-16-17-18-19-20-21-22-23-24-25-26-27-28-29-30-31-32-33-34-35-36-37-38-40-42-44-46-53(58)64-51(50-63-55(54(59)60)61-48-47-56(3,4)5)49-62-52(57)45-43-41-39-15-13-11-9-7-2/h8,10,14,16,18-19,21-22,24-25,51,55H,6-7,9,11-13,15,17,20,23,26-50H2,1-5H3/b10-8-,16-14-,19-18-,22-21-,25-24-. The van der Waals surface area contributed by atoms with Crippen molar-refractivity contribution in [3.05, 3.63) is 60.8 Å². The van der Waals surface area contributed by atoms with E-state index in [-0.39, 0.29) is 32.2 Å². The maximum absolute atomic E-state index is 12.8. The molecule has 0 rings (SSSR count). The van der Waals surface area contributed by atoms with Crippen LogP contribution in [0.4, 0.5) is 0 Å². The molecule has 0 aromatic heterocycles. The highest BCUT2D eigenvalue weighted by Gasteiger charge is 2.22. The smallest absolute Gasteiger partial charge is 0.306 e. The normalized spacial score (nSPS) is 13.3. The number of hydrogen-bond acceptors (Lipinski definition) is 8. The van der Waals surface area contributed by atoms with Gasteiger partial charge in [0.2, 0.25) is 0 Å². The van der Waals surface area contributed by atoms with E-state index in [0.717, 1.165) is 64.2 Å². The van der Waals surface area contributed by atoms with Crippen LogP contribution in [-0.4, -0.2) is 82.3 Å². The number of aliphatic carboxylic acids is 1. The van der Waals surface area contributed by atoms with Crippen molar-refractivity contribution in [2.75, 3.05) is 47.5 Å². The van der Waals surface area contributed by atoms with Crippen molar-refractivity contribution in [1.29, 1.82) is 0 Å². The third-order valence-electron chi connectivity index (χ3n) is 11.0. The van der Waals surface area contributed by atoms with E-state index in [2.05, 4.69) is 74.6 Å². The summed E-state index contributed by atoms with van der Waals surface area (Å²) in [5.74, 6) is -2.29. The number of allylic oxidation sites excluding steroid dienone is 10. The van der Waals surface area contributed by atoms with Gasteiger partial charge in [-0.2, -0.15) is 0 Å². The summed E-state index contributed by atoms with van der Waals surface area (Å²) in [6.07, 6.45) is 54.3. The molecular weight excluding hydrogens is 803 g/mol. The van der Waals surface area contributed by atoms with Gasteiger partial charge in [-0.25, -0.2) is 0 Å². The van der Waals surface area contributed by atoms with Gasteiger partial charge in [0.25, 0.3) is 0 Å². The second-order valence-corrected chi connectivity index (χ2v) is 18.4. The van der Waals surface area contributed by atoms with Gasteiger partial charge in [-0.3, -0.25) is 9.59 Å². The zero-order valence-electron chi connectivity index (χ0n) is 41.9. The Morgan fingerprint density at radius 1 is 0.484 bits per heavy atom. The minimum absolute atomic E-state index is 0.148. The van der Waals surface area contributed by atoms with Crippen LogP contribution < -0.4 is 5.11 Å². The third kappa shape index (κ3) is 47.0. The second-order valence-electron chi connectivity index (χ2n) is 18.4. The van der Waals surface area contributed by atoms with E-state index < -0.39 is 24.3 Å². The van der Waals surface area contributed by atoms with E-state index in [1.165, 1.54) is 116 Å². The summed E-state index contributed by atoms with van der Waals surface area (Å²) < 4.78 is 22.5. The van der Waals surface area contributed by atoms with E-state index >= 15 is 0 Å². The molecule has 0 aliphatic heterocycles. The van der Waals surface area contributed by atoms with Crippen LogP contribution in [0.15, 0.2) is 60.8 Å². The van der Waals surface area contributed by atoms with Gasteiger partial charge in [-0.15, -0.1) is 0 Å². The van der Waals surface area contributed by atoms with E-state index in [9.17, 15) is 19.5 Å². The molecule has 0 amide bonds. The number of ether oxygens (including phenoxy) is 4. The molecule has 0 aromatic carbocycles. The average molecular weight is 900 g/mol. The predicted molar refractivity (Wildman–Crippen MR) is 265 cm³/mol. The lowest BCUT2D eigenvalue weighted by atomic mass is 10.0. The van der Waals surface area contributed by atoms with Gasteiger partial charge in [0.15, 0.2) is 12.4 Å². The van der Waals surface area contributed by atoms with Crippen LogP contribution in [0.2, 0.25) is 0 Å². The summed E-state index contributed by atoms with van der Waals surface area (Å²) in [5, 5.41) is 11.7. The predicted octanol–water partition coefficient (Wildman–Crippen LogP) is 13.2. The van der Waals surface area contributed by atoms with Crippen LogP contribution >= 0.6 is 0 Å². The van der Waals surface area contributed by atoms with Gasteiger partial charge in [-0.05, 0) is 57.8 Å². The number of likely N-dealkylation sites (N-methyl/N-ethyl adjacent to an activating group) is 1. The Bertz CT molecular complexity index is 1230. The Labute approximate surface area is 393 Å². The largest absolute Gasteiger partial charge is 0.545 e. The summed E-state index contributed by atoms with van der Waals surface area (Å²) in [6, 6.07) is 0. The van der Waals surface area contributed by atoms with Crippen molar-refractivity contribution in [2.45, 2.75) is 225 Å². The van der Waals surface area contributed by atoms with Crippen LogP contribution in [0, 0.1) is 0 Å². The quantitative estimate of drug-likeness (QED) is 0.0195. The van der Waals surface area contributed by atoms with Gasteiger partial charge in [-0.1, -0.05) is 203 Å². The Hall–Kier alpha value is -3.01. The maximum atomic E-state index is 12.8. The van der Waals surface area contributed by atoms with Gasteiger partial charge in [0.05, 0.1) is 40.3 Å². The van der Waals surface area contributed by atoms with Gasteiger partial charge >= 0.3 is 11.9 Å². The van der Waals surface area contributed by atoms with Crippen LogP contribution in [0.5, 0.6) is 0 Å². The summed E-state index contributed by atoms with van der Waals surface area (Å²) in [5.41, 5.74) is 0. The Morgan fingerprint density at radius 2 is 0.891 bits per heavy atom. The zero-order chi connectivity index (χ0) is 47.0. The Kier molecular flexibility index (Phi) is 44.3. The van der Waals surface area contributed by atoms with E-state index in [1.807, 2.05) is 21.1 Å². The minimum Gasteiger partial charge on any atom is -0.545 e. The monoisotopic (exact) mass is 900 g/mol. The van der Waals surface area contributed by atoms with Crippen LogP contribution in [0.1, 0.15) is 213 Å². The first kappa shape index (κ1) is 61.0. The molecule has 2 atom stereocenters. The Balaban J connectivity index is 4.07. The molecule has 64 heavy (non-hydrogen) atoms. The second kappa shape index (κ2) is 46.5. The topological polar surface area (TPSA) is 111 Å². The van der Waals surface area contributed by atoms with Crippen molar-refractivity contribution in [3.8, 4) is 0 Å². The molecule has 0 spiro atoms. The first-order valence-corrected chi connectivity index (χ1v) is 25.9. The van der Waals surface area contributed by atoms with Crippen LogP contribution in [-0.2, 0) is 33.3 Å². The molecule has 2 unspecified atom stereocenters. The Morgan fingerprint density at radius 3 is 1.33 bits per heavy atom. The molecule has 9 heteroatoms. The molecule has 0 aliphatic carbocycles.